The lowest BCUT2D eigenvalue weighted by Gasteiger charge is -2.07. The van der Waals surface area contributed by atoms with Gasteiger partial charge in [0.1, 0.15) is 0 Å². The predicted octanol–water partition coefficient (Wildman–Crippen LogP) is 1.94. The van der Waals surface area contributed by atoms with Gasteiger partial charge in [-0.2, -0.15) is 0 Å². The molecule has 19 heavy (non-hydrogen) atoms. The van der Waals surface area contributed by atoms with Gasteiger partial charge in [0.15, 0.2) is 0 Å². The van der Waals surface area contributed by atoms with E-state index in [0.717, 1.165) is 11.6 Å². The van der Waals surface area contributed by atoms with E-state index in [0.29, 0.717) is 16.8 Å². The Balaban J connectivity index is 2.60. The Labute approximate surface area is 114 Å². The van der Waals surface area contributed by atoms with Gasteiger partial charge in [0.05, 0.1) is 10.7 Å². The molecular weight excluding hydrogens is 272 g/mol. The highest BCUT2D eigenvalue weighted by molar-refractivity contribution is 6.33. The molecule has 0 unspecified atom stereocenters. The van der Waals surface area contributed by atoms with Gasteiger partial charge in [-0.25, -0.2) is 9.59 Å². The Morgan fingerprint density at radius 3 is 2.53 bits per heavy atom. The Morgan fingerprint density at radius 2 is 1.95 bits per heavy atom. The first kappa shape index (κ1) is 14.7. The number of carboxylic acids is 1. The number of urea groups is 1. The number of hydrogen-bond acceptors (Lipinski definition) is 3. The Morgan fingerprint density at radius 1 is 1.26 bits per heavy atom. The second-order valence-electron chi connectivity index (χ2n) is 3.60. The van der Waals surface area contributed by atoms with Gasteiger partial charge in [0.2, 0.25) is 0 Å². The molecule has 3 amide bonds. The van der Waals surface area contributed by atoms with E-state index in [4.69, 9.17) is 16.7 Å². The van der Waals surface area contributed by atoms with Gasteiger partial charge in [-0.3, -0.25) is 10.1 Å². The quantitative estimate of drug-likeness (QED) is 0.738. The summed E-state index contributed by atoms with van der Waals surface area (Å²) >= 11 is 5.89. The van der Waals surface area contributed by atoms with Crippen molar-refractivity contribution in [3.8, 4) is 0 Å². The first-order valence-electron chi connectivity index (χ1n) is 5.17. The molecular formula is C12H11ClN2O4. The smallest absolute Gasteiger partial charge is 0.328 e. The number of amides is 3. The standard InChI is InChI=1S/C12H11ClN2O4/c1-7-2-3-9(8(13)6-7)14-12(19)15-10(16)4-5-11(17)18/h2-6H,1H3,(H,17,18)(H2,14,15,16,19)/b5-4+. The normalized spacial score (nSPS) is 10.2. The van der Waals surface area contributed by atoms with Crippen LogP contribution in [-0.2, 0) is 9.59 Å². The van der Waals surface area contributed by atoms with Crippen LogP contribution in [0.1, 0.15) is 5.56 Å². The highest BCUT2D eigenvalue weighted by Gasteiger charge is 2.08. The summed E-state index contributed by atoms with van der Waals surface area (Å²) in [7, 11) is 0. The molecule has 100 valence electrons. The van der Waals surface area contributed by atoms with Crippen molar-refractivity contribution in [3.05, 3.63) is 40.9 Å². The van der Waals surface area contributed by atoms with Crippen molar-refractivity contribution in [1.82, 2.24) is 5.32 Å². The molecule has 3 N–H and O–H groups in total. The van der Waals surface area contributed by atoms with Crippen molar-refractivity contribution in [3.63, 3.8) is 0 Å². The van der Waals surface area contributed by atoms with E-state index < -0.39 is 17.9 Å². The summed E-state index contributed by atoms with van der Waals surface area (Å²) < 4.78 is 0. The predicted molar refractivity (Wildman–Crippen MR) is 70.1 cm³/mol. The second-order valence-corrected chi connectivity index (χ2v) is 4.01. The maximum atomic E-state index is 11.4. The van der Waals surface area contributed by atoms with E-state index in [1.165, 1.54) is 0 Å². The van der Waals surface area contributed by atoms with Gasteiger partial charge in [0, 0.05) is 12.2 Å². The fourth-order valence-corrected chi connectivity index (χ4v) is 1.46. The number of carbonyl (C=O) groups is 3. The molecule has 0 atom stereocenters. The minimum Gasteiger partial charge on any atom is -0.478 e. The molecule has 0 spiro atoms. The maximum absolute atomic E-state index is 11.4. The molecule has 1 aromatic carbocycles. The second kappa shape index (κ2) is 6.55. The summed E-state index contributed by atoms with van der Waals surface area (Å²) in [6, 6.07) is 4.19. The van der Waals surface area contributed by atoms with Crippen molar-refractivity contribution in [2.75, 3.05) is 5.32 Å². The lowest BCUT2D eigenvalue weighted by Crippen LogP contribution is -2.33. The average molecular weight is 283 g/mol. The molecule has 1 aromatic rings. The van der Waals surface area contributed by atoms with Gasteiger partial charge in [-0.1, -0.05) is 17.7 Å². The maximum Gasteiger partial charge on any atom is 0.328 e. The van der Waals surface area contributed by atoms with Crippen LogP contribution in [0.3, 0.4) is 0 Å². The van der Waals surface area contributed by atoms with Crippen molar-refractivity contribution < 1.29 is 19.5 Å². The number of aliphatic carboxylic acids is 1. The van der Waals surface area contributed by atoms with E-state index in [-0.39, 0.29) is 0 Å². The minimum atomic E-state index is -1.28. The summed E-state index contributed by atoms with van der Waals surface area (Å²) in [6.45, 7) is 1.84. The highest BCUT2D eigenvalue weighted by Crippen LogP contribution is 2.22. The third-order valence-corrected chi connectivity index (χ3v) is 2.30. The molecule has 0 aromatic heterocycles. The van der Waals surface area contributed by atoms with E-state index in [2.05, 4.69) is 5.32 Å². The van der Waals surface area contributed by atoms with Gasteiger partial charge >= 0.3 is 12.0 Å². The van der Waals surface area contributed by atoms with Gasteiger partial charge < -0.3 is 10.4 Å². The lowest BCUT2D eigenvalue weighted by atomic mass is 10.2. The van der Waals surface area contributed by atoms with Crippen LogP contribution >= 0.6 is 11.6 Å². The van der Waals surface area contributed by atoms with E-state index in [1.54, 1.807) is 18.2 Å². The molecule has 0 heterocycles. The third kappa shape index (κ3) is 5.22. The first-order valence-corrected chi connectivity index (χ1v) is 5.55. The fourth-order valence-electron chi connectivity index (χ4n) is 1.18. The minimum absolute atomic E-state index is 0.337. The molecule has 6 nitrogen and oxygen atoms in total. The number of aryl methyl sites for hydroxylation is 1. The summed E-state index contributed by atoms with van der Waals surface area (Å²) in [4.78, 5) is 32.7. The fraction of sp³-hybridized carbons (Fsp3) is 0.0833. The van der Waals surface area contributed by atoms with Gasteiger partial charge in [-0.05, 0) is 24.6 Å². The van der Waals surface area contributed by atoms with Crippen LogP contribution in [0.25, 0.3) is 0 Å². The number of carbonyl (C=O) groups excluding carboxylic acids is 2. The highest BCUT2D eigenvalue weighted by atomic mass is 35.5. The van der Waals surface area contributed by atoms with Crippen LogP contribution in [0.15, 0.2) is 30.4 Å². The SMILES string of the molecule is Cc1ccc(NC(=O)NC(=O)/C=C/C(=O)O)c(Cl)c1. The van der Waals surface area contributed by atoms with Crippen molar-refractivity contribution >= 4 is 35.2 Å². The molecule has 0 aliphatic rings. The number of imide groups is 1. The number of benzene rings is 1. The Hall–Kier alpha value is -2.34. The molecule has 0 aliphatic carbocycles. The third-order valence-electron chi connectivity index (χ3n) is 1.99. The zero-order valence-electron chi connectivity index (χ0n) is 9.94. The van der Waals surface area contributed by atoms with E-state index in [1.807, 2.05) is 12.2 Å². The molecule has 0 bridgehead atoms. The number of nitrogens with one attached hydrogen (secondary N) is 2. The van der Waals surface area contributed by atoms with Crippen LogP contribution in [0.4, 0.5) is 10.5 Å². The topological polar surface area (TPSA) is 95.5 Å². The number of anilines is 1. The molecule has 0 saturated heterocycles. The van der Waals surface area contributed by atoms with Crippen molar-refractivity contribution in [1.29, 1.82) is 0 Å². The van der Waals surface area contributed by atoms with Gasteiger partial charge in [-0.15, -0.1) is 0 Å². The number of hydrogen-bond donors (Lipinski definition) is 3. The lowest BCUT2D eigenvalue weighted by molar-refractivity contribution is -0.131. The summed E-state index contributed by atoms with van der Waals surface area (Å²) in [5.74, 6) is -2.12. The first-order chi connectivity index (χ1) is 8.88. The summed E-state index contributed by atoms with van der Waals surface area (Å²) in [5, 5.41) is 12.9. The molecule has 7 heteroatoms. The van der Waals surface area contributed by atoms with Crippen LogP contribution in [0.2, 0.25) is 5.02 Å². The molecule has 0 radical (unpaired) electrons. The van der Waals surface area contributed by atoms with Crippen molar-refractivity contribution in [2.45, 2.75) is 6.92 Å². The van der Waals surface area contributed by atoms with Crippen molar-refractivity contribution in [2.24, 2.45) is 0 Å². The van der Waals surface area contributed by atoms with Crippen LogP contribution in [0.5, 0.6) is 0 Å². The molecule has 0 fully saturated rings. The monoisotopic (exact) mass is 282 g/mol. The number of rotatable bonds is 3. The zero-order valence-corrected chi connectivity index (χ0v) is 10.7. The van der Waals surface area contributed by atoms with E-state index in [9.17, 15) is 14.4 Å². The summed E-state index contributed by atoms with van der Waals surface area (Å²) in [5.41, 5.74) is 1.27. The van der Waals surface area contributed by atoms with Gasteiger partial charge in [0.25, 0.3) is 5.91 Å². The van der Waals surface area contributed by atoms with Crippen LogP contribution in [0, 0.1) is 6.92 Å². The molecule has 0 aliphatic heterocycles. The summed E-state index contributed by atoms with van der Waals surface area (Å²) in [6.07, 6.45) is 1.36. The zero-order chi connectivity index (χ0) is 14.4. The molecule has 0 saturated carbocycles. The largest absolute Gasteiger partial charge is 0.478 e. The van der Waals surface area contributed by atoms with Crippen LogP contribution in [-0.4, -0.2) is 23.0 Å². The molecule has 1 rings (SSSR count). The number of halogens is 1. The van der Waals surface area contributed by atoms with Crippen LogP contribution < -0.4 is 10.6 Å². The van der Waals surface area contributed by atoms with E-state index >= 15 is 0 Å². The average Bonchev–Trinajstić information content (AvgIpc) is 2.30. The Bertz CT molecular complexity index is 555. The Kier molecular flexibility index (Phi) is 5.08. The number of carboxylic acid groups (broad SMARTS) is 1.